The summed E-state index contributed by atoms with van der Waals surface area (Å²) < 4.78 is 5.15. The van der Waals surface area contributed by atoms with E-state index < -0.39 is 7.92 Å². The number of ether oxygens (including phenoxy) is 1. The molecule has 0 radical (unpaired) electrons. The molecule has 3 heteroatoms. The average molecular weight is 300 g/mol. The van der Waals surface area contributed by atoms with Crippen LogP contribution in [-0.4, -0.2) is 18.7 Å². The zero-order valence-corrected chi connectivity index (χ0v) is 13.4. The van der Waals surface area contributed by atoms with Gasteiger partial charge in [-0.25, -0.2) is 0 Å². The summed E-state index contributed by atoms with van der Waals surface area (Å²) in [6, 6.07) is 20.9. The van der Waals surface area contributed by atoms with Crippen molar-refractivity contribution in [3.63, 3.8) is 0 Å². The van der Waals surface area contributed by atoms with Gasteiger partial charge in [0.1, 0.15) is 0 Å². The fourth-order valence-corrected chi connectivity index (χ4v) is 4.69. The van der Waals surface area contributed by atoms with Crippen LogP contribution in [0.15, 0.2) is 60.7 Å². The zero-order valence-electron chi connectivity index (χ0n) is 12.5. The third-order valence-electron chi connectivity index (χ3n) is 3.28. The van der Waals surface area contributed by atoms with Crippen LogP contribution in [0.1, 0.15) is 13.8 Å². The molecule has 0 fully saturated rings. The number of hydrogen-bond acceptors (Lipinski definition) is 2. The lowest BCUT2D eigenvalue weighted by Crippen LogP contribution is -2.23. The van der Waals surface area contributed by atoms with Gasteiger partial charge in [-0.3, -0.25) is 4.79 Å². The maximum absolute atomic E-state index is 11.9. The predicted molar refractivity (Wildman–Crippen MR) is 89.7 cm³/mol. The molecule has 0 heterocycles. The van der Waals surface area contributed by atoms with Gasteiger partial charge in [0.25, 0.3) is 0 Å². The van der Waals surface area contributed by atoms with Crippen LogP contribution in [0.4, 0.5) is 0 Å². The Morgan fingerprint density at radius 2 is 1.48 bits per heavy atom. The number of rotatable bonds is 6. The molecule has 0 amide bonds. The number of hydrogen-bond donors (Lipinski definition) is 0. The van der Waals surface area contributed by atoms with Crippen molar-refractivity contribution < 1.29 is 9.53 Å². The molecule has 110 valence electrons. The van der Waals surface area contributed by atoms with E-state index in [4.69, 9.17) is 4.74 Å². The molecule has 1 unspecified atom stereocenters. The Hall–Kier alpha value is -1.66. The second-order valence-corrected chi connectivity index (χ2v) is 7.19. The van der Waals surface area contributed by atoms with Crippen molar-refractivity contribution in [3.8, 4) is 0 Å². The van der Waals surface area contributed by atoms with E-state index in [1.807, 2.05) is 26.0 Å². The first kappa shape index (κ1) is 15.7. The number of benzene rings is 2. The second kappa shape index (κ2) is 7.95. The summed E-state index contributed by atoms with van der Waals surface area (Å²) in [7, 11) is -0.534. The summed E-state index contributed by atoms with van der Waals surface area (Å²) in [6.07, 6.45) is 0.822. The first-order valence-electron chi connectivity index (χ1n) is 7.26. The summed E-state index contributed by atoms with van der Waals surface area (Å²) in [5.41, 5.74) is 0. The van der Waals surface area contributed by atoms with Crippen LogP contribution >= 0.6 is 7.92 Å². The largest absolute Gasteiger partial charge is 0.466 e. The van der Waals surface area contributed by atoms with Crippen LogP contribution in [0.3, 0.4) is 0 Å². The topological polar surface area (TPSA) is 26.3 Å². The lowest BCUT2D eigenvalue weighted by atomic mass is 10.2. The van der Waals surface area contributed by atoms with E-state index in [-0.39, 0.29) is 11.9 Å². The summed E-state index contributed by atoms with van der Waals surface area (Å²) in [5, 5.41) is 2.60. The number of esters is 1. The molecular weight excluding hydrogens is 279 g/mol. The van der Waals surface area contributed by atoms with Gasteiger partial charge in [-0.05, 0) is 31.6 Å². The quantitative estimate of drug-likeness (QED) is 0.604. The maximum Gasteiger partial charge on any atom is 0.309 e. The fraction of sp³-hybridized carbons (Fsp3) is 0.278. The monoisotopic (exact) mass is 300 g/mol. The minimum absolute atomic E-state index is 0.0866. The van der Waals surface area contributed by atoms with Gasteiger partial charge >= 0.3 is 5.97 Å². The number of carbonyl (C=O) groups excluding carboxylic acids is 1. The maximum atomic E-state index is 11.9. The van der Waals surface area contributed by atoms with Gasteiger partial charge in [0, 0.05) is 0 Å². The van der Waals surface area contributed by atoms with E-state index in [9.17, 15) is 4.79 Å². The van der Waals surface area contributed by atoms with Crippen LogP contribution in [0.2, 0.25) is 0 Å². The molecule has 0 N–H and O–H groups in total. The van der Waals surface area contributed by atoms with Gasteiger partial charge < -0.3 is 4.74 Å². The van der Waals surface area contributed by atoms with E-state index in [0.717, 1.165) is 6.16 Å². The summed E-state index contributed by atoms with van der Waals surface area (Å²) >= 11 is 0. The molecule has 0 aliphatic rings. The van der Waals surface area contributed by atoms with Gasteiger partial charge in [0.2, 0.25) is 0 Å². The minimum atomic E-state index is -0.534. The molecule has 2 aromatic carbocycles. The van der Waals surface area contributed by atoms with Crippen LogP contribution in [0.5, 0.6) is 0 Å². The highest BCUT2D eigenvalue weighted by Gasteiger charge is 2.22. The third kappa shape index (κ3) is 4.41. The lowest BCUT2D eigenvalue weighted by Gasteiger charge is -2.21. The molecule has 1 atom stereocenters. The van der Waals surface area contributed by atoms with Crippen LogP contribution in [-0.2, 0) is 9.53 Å². The van der Waals surface area contributed by atoms with Crippen molar-refractivity contribution in [1.29, 1.82) is 0 Å². The van der Waals surface area contributed by atoms with E-state index in [1.54, 1.807) is 0 Å². The zero-order chi connectivity index (χ0) is 15.1. The summed E-state index contributed by atoms with van der Waals surface area (Å²) in [5.74, 6) is -0.187. The summed E-state index contributed by atoms with van der Waals surface area (Å²) in [4.78, 5) is 11.9. The Bertz CT molecular complexity index is 514. The normalized spacial score (nSPS) is 12.1. The first-order valence-corrected chi connectivity index (χ1v) is 8.79. The molecule has 0 spiro atoms. The smallest absolute Gasteiger partial charge is 0.309 e. The molecule has 0 saturated carbocycles. The molecule has 2 aromatic rings. The van der Waals surface area contributed by atoms with Crippen molar-refractivity contribution in [2.45, 2.75) is 13.8 Å². The van der Waals surface area contributed by atoms with Gasteiger partial charge in [0.05, 0.1) is 12.5 Å². The Morgan fingerprint density at radius 3 is 1.90 bits per heavy atom. The fourth-order valence-electron chi connectivity index (χ4n) is 2.21. The van der Waals surface area contributed by atoms with Gasteiger partial charge in [-0.1, -0.05) is 67.6 Å². The average Bonchev–Trinajstić information content (AvgIpc) is 2.54. The van der Waals surface area contributed by atoms with Crippen molar-refractivity contribution in [1.82, 2.24) is 0 Å². The highest BCUT2D eigenvalue weighted by atomic mass is 31.1. The highest BCUT2D eigenvalue weighted by molar-refractivity contribution is 7.73. The predicted octanol–water partition coefficient (Wildman–Crippen LogP) is 3.32. The van der Waals surface area contributed by atoms with E-state index in [2.05, 4.69) is 48.5 Å². The van der Waals surface area contributed by atoms with Crippen molar-refractivity contribution in [2.24, 2.45) is 5.92 Å². The molecule has 2 nitrogen and oxygen atoms in total. The number of carbonyl (C=O) groups is 1. The van der Waals surface area contributed by atoms with Crippen molar-refractivity contribution >= 4 is 24.5 Å². The molecule has 0 aliphatic carbocycles. The molecule has 0 aliphatic heterocycles. The standard InChI is InChI=1S/C18H21O2P/c1-3-20-18(19)15(2)14-21(16-10-6-4-7-11-16)17-12-8-5-9-13-17/h4-13,15H,3,14H2,1-2H3. The van der Waals surface area contributed by atoms with Crippen molar-refractivity contribution in [3.05, 3.63) is 60.7 Å². The van der Waals surface area contributed by atoms with Crippen LogP contribution in [0, 0.1) is 5.92 Å². The van der Waals surface area contributed by atoms with Crippen LogP contribution in [0.25, 0.3) is 0 Å². The Kier molecular flexibility index (Phi) is 5.95. The molecule has 2 rings (SSSR count). The molecule has 21 heavy (non-hydrogen) atoms. The van der Waals surface area contributed by atoms with Gasteiger partial charge in [-0.15, -0.1) is 0 Å². The lowest BCUT2D eigenvalue weighted by molar-refractivity contribution is -0.146. The van der Waals surface area contributed by atoms with E-state index in [0.29, 0.717) is 6.61 Å². The molecular formula is C18H21O2P. The van der Waals surface area contributed by atoms with Crippen LogP contribution < -0.4 is 10.6 Å². The van der Waals surface area contributed by atoms with E-state index >= 15 is 0 Å². The van der Waals surface area contributed by atoms with Gasteiger partial charge in [-0.2, -0.15) is 0 Å². The van der Waals surface area contributed by atoms with Gasteiger partial charge in [0.15, 0.2) is 0 Å². The van der Waals surface area contributed by atoms with E-state index in [1.165, 1.54) is 10.6 Å². The Balaban J connectivity index is 2.23. The second-order valence-electron chi connectivity index (χ2n) is 4.93. The Labute approximate surface area is 127 Å². The molecule has 0 bridgehead atoms. The Morgan fingerprint density at radius 1 is 1.00 bits per heavy atom. The molecule has 0 saturated heterocycles. The third-order valence-corrected chi connectivity index (χ3v) is 6.04. The summed E-state index contributed by atoms with van der Waals surface area (Å²) in [6.45, 7) is 4.25. The highest BCUT2D eigenvalue weighted by Crippen LogP contribution is 2.35. The minimum Gasteiger partial charge on any atom is -0.466 e. The first-order chi connectivity index (χ1) is 10.2. The SMILES string of the molecule is CCOC(=O)C(C)CP(c1ccccc1)c1ccccc1. The molecule has 0 aromatic heterocycles. The van der Waals surface area contributed by atoms with Crippen molar-refractivity contribution in [2.75, 3.05) is 12.8 Å².